The van der Waals surface area contributed by atoms with Crippen LogP contribution in [0.3, 0.4) is 0 Å². The topological polar surface area (TPSA) is 6.48 Å². The van der Waals surface area contributed by atoms with E-state index in [9.17, 15) is 0 Å². The summed E-state index contributed by atoms with van der Waals surface area (Å²) in [6.07, 6.45) is 5.26. The average Bonchev–Trinajstić information content (AvgIpc) is 3.35. The zero-order chi connectivity index (χ0) is 18.1. The Balaban J connectivity index is 1.58. The Labute approximate surface area is 158 Å². The van der Waals surface area contributed by atoms with E-state index in [-0.39, 0.29) is 0 Å². The Hall–Kier alpha value is -2.22. The molecule has 0 saturated carbocycles. The minimum atomic E-state index is 1.14. The quantitative estimate of drug-likeness (QED) is 0.714. The van der Waals surface area contributed by atoms with E-state index in [0.717, 1.165) is 5.57 Å². The number of hydrogen-bond acceptors (Lipinski definition) is 2. The summed E-state index contributed by atoms with van der Waals surface area (Å²) in [6.45, 7) is 13.6. The van der Waals surface area contributed by atoms with Gasteiger partial charge in [-0.15, -0.1) is 0 Å². The molecule has 26 heavy (non-hydrogen) atoms. The third-order valence-electron chi connectivity index (χ3n) is 6.01. The molecule has 4 rings (SSSR count). The highest BCUT2D eigenvalue weighted by Crippen LogP contribution is 2.32. The van der Waals surface area contributed by atoms with Crippen LogP contribution in [0.2, 0.25) is 0 Å². The first-order valence-electron chi connectivity index (χ1n) is 10.0. The Kier molecular flexibility index (Phi) is 4.76. The molecule has 0 atom stereocenters. The summed E-state index contributed by atoms with van der Waals surface area (Å²) in [6, 6.07) is 13.7. The zero-order valence-corrected chi connectivity index (χ0v) is 16.2. The van der Waals surface area contributed by atoms with Gasteiger partial charge in [-0.05, 0) is 91.6 Å². The van der Waals surface area contributed by atoms with Crippen LogP contribution >= 0.6 is 0 Å². The van der Waals surface area contributed by atoms with Gasteiger partial charge in [0.2, 0.25) is 0 Å². The van der Waals surface area contributed by atoms with Crippen LogP contribution in [0.1, 0.15) is 47.9 Å². The molecule has 2 aliphatic rings. The molecule has 2 heterocycles. The lowest BCUT2D eigenvalue weighted by Gasteiger charge is -2.21. The second kappa shape index (κ2) is 7.19. The maximum Gasteiger partial charge on any atom is 0.0369 e. The smallest absolute Gasteiger partial charge is 0.0369 e. The largest absolute Gasteiger partial charge is 0.372 e. The van der Waals surface area contributed by atoms with Crippen LogP contribution in [0.15, 0.2) is 43.0 Å². The number of aryl methyl sites for hydroxylation is 2. The maximum atomic E-state index is 4.44. The molecular formula is C24H30N2. The van der Waals surface area contributed by atoms with Crippen molar-refractivity contribution >= 4 is 16.9 Å². The molecule has 2 aliphatic heterocycles. The Morgan fingerprint density at radius 2 is 1.08 bits per heavy atom. The highest BCUT2D eigenvalue weighted by Gasteiger charge is 2.16. The lowest BCUT2D eigenvalue weighted by Crippen LogP contribution is -2.18. The SMILES string of the molecule is C=C(c1ccc(N2CCCC2)cc1C)c1ccc(N2CCCC2)cc1C. The molecule has 2 aromatic carbocycles. The van der Waals surface area contributed by atoms with Gasteiger partial charge in [-0.1, -0.05) is 18.7 Å². The van der Waals surface area contributed by atoms with Crippen LogP contribution in [-0.4, -0.2) is 26.2 Å². The zero-order valence-electron chi connectivity index (χ0n) is 16.2. The summed E-state index contributed by atoms with van der Waals surface area (Å²) < 4.78 is 0. The number of anilines is 2. The van der Waals surface area contributed by atoms with Crippen molar-refractivity contribution in [1.82, 2.24) is 0 Å². The fraction of sp³-hybridized carbons (Fsp3) is 0.417. The molecule has 2 fully saturated rings. The fourth-order valence-electron chi connectivity index (χ4n) is 4.46. The molecule has 0 N–H and O–H groups in total. The van der Waals surface area contributed by atoms with Crippen LogP contribution in [-0.2, 0) is 0 Å². The molecule has 0 bridgehead atoms. The molecule has 136 valence electrons. The second-order valence-corrected chi connectivity index (χ2v) is 7.87. The van der Waals surface area contributed by atoms with Crippen molar-refractivity contribution in [2.75, 3.05) is 36.0 Å². The van der Waals surface area contributed by atoms with Crippen LogP contribution in [0, 0.1) is 13.8 Å². The van der Waals surface area contributed by atoms with Gasteiger partial charge in [0.1, 0.15) is 0 Å². The summed E-state index contributed by atoms with van der Waals surface area (Å²) in [5, 5.41) is 0. The standard InChI is InChI=1S/C24H30N2/c1-18-16-21(25-12-4-5-13-25)8-10-23(18)20(3)24-11-9-22(17-19(24)2)26-14-6-7-15-26/h8-11,16-17H,3-7,12-15H2,1-2H3. The fourth-order valence-corrected chi connectivity index (χ4v) is 4.46. The van der Waals surface area contributed by atoms with Crippen molar-refractivity contribution in [1.29, 1.82) is 0 Å². The molecule has 0 spiro atoms. The minimum absolute atomic E-state index is 1.14. The van der Waals surface area contributed by atoms with E-state index in [1.54, 1.807) is 0 Å². The van der Waals surface area contributed by atoms with Gasteiger partial charge < -0.3 is 9.80 Å². The van der Waals surface area contributed by atoms with Gasteiger partial charge in [0.25, 0.3) is 0 Å². The molecule has 2 saturated heterocycles. The predicted molar refractivity (Wildman–Crippen MR) is 113 cm³/mol. The van der Waals surface area contributed by atoms with Crippen molar-refractivity contribution in [3.8, 4) is 0 Å². The number of nitrogens with zero attached hydrogens (tertiary/aromatic N) is 2. The van der Waals surface area contributed by atoms with E-state index in [0.29, 0.717) is 0 Å². The summed E-state index contributed by atoms with van der Waals surface area (Å²) in [5.41, 5.74) is 9.04. The Morgan fingerprint density at radius 1 is 0.692 bits per heavy atom. The van der Waals surface area contributed by atoms with E-state index in [4.69, 9.17) is 0 Å². The van der Waals surface area contributed by atoms with E-state index in [1.807, 2.05) is 0 Å². The molecule has 0 unspecified atom stereocenters. The van der Waals surface area contributed by atoms with Crippen LogP contribution < -0.4 is 9.80 Å². The third-order valence-corrected chi connectivity index (χ3v) is 6.01. The van der Waals surface area contributed by atoms with Gasteiger partial charge in [-0.2, -0.15) is 0 Å². The Morgan fingerprint density at radius 3 is 1.42 bits per heavy atom. The molecule has 2 nitrogen and oxygen atoms in total. The average molecular weight is 347 g/mol. The Bertz CT molecular complexity index is 741. The number of benzene rings is 2. The van der Waals surface area contributed by atoms with Crippen LogP contribution in [0.4, 0.5) is 11.4 Å². The second-order valence-electron chi connectivity index (χ2n) is 7.87. The van der Waals surface area contributed by atoms with Gasteiger partial charge in [-0.25, -0.2) is 0 Å². The van der Waals surface area contributed by atoms with Gasteiger partial charge >= 0.3 is 0 Å². The first-order chi connectivity index (χ1) is 12.6. The lowest BCUT2D eigenvalue weighted by molar-refractivity contribution is 0.949. The van der Waals surface area contributed by atoms with Gasteiger partial charge in [0, 0.05) is 37.6 Å². The highest BCUT2D eigenvalue weighted by atomic mass is 15.1. The highest BCUT2D eigenvalue weighted by molar-refractivity contribution is 5.83. The molecular weight excluding hydrogens is 316 g/mol. The third kappa shape index (κ3) is 3.25. The van der Waals surface area contributed by atoms with E-state index in [2.05, 4.69) is 66.6 Å². The molecule has 0 amide bonds. The van der Waals surface area contributed by atoms with Crippen molar-refractivity contribution < 1.29 is 0 Å². The molecule has 0 aliphatic carbocycles. The summed E-state index contributed by atoms with van der Waals surface area (Å²) in [5.74, 6) is 0. The van der Waals surface area contributed by atoms with Crippen molar-refractivity contribution in [2.24, 2.45) is 0 Å². The van der Waals surface area contributed by atoms with Crippen LogP contribution in [0.5, 0.6) is 0 Å². The molecule has 0 radical (unpaired) electrons. The van der Waals surface area contributed by atoms with Crippen LogP contribution in [0.25, 0.3) is 5.57 Å². The molecule has 0 aromatic heterocycles. The molecule has 2 aromatic rings. The van der Waals surface area contributed by atoms with E-state index >= 15 is 0 Å². The first-order valence-corrected chi connectivity index (χ1v) is 10.0. The monoisotopic (exact) mass is 346 g/mol. The summed E-state index contributed by atoms with van der Waals surface area (Å²) >= 11 is 0. The maximum absolute atomic E-state index is 4.44. The van der Waals surface area contributed by atoms with Crippen molar-refractivity contribution in [3.63, 3.8) is 0 Å². The normalized spacial score (nSPS) is 17.2. The van der Waals surface area contributed by atoms with Gasteiger partial charge in [0.15, 0.2) is 0 Å². The minimum Gasteiger partial charge on any atom is -0.372 e. The number of hydrogen-bond donors (Lipinski definition) is 0. The van der Waals surface area contributed by atoms with Crippen molar-refractivity contribution in [3.05, 3.63) is 65.2 Å². The van der Waals surface area contributed by atoms with Crippen molar-refractivity contribution in [2.45, 2.75) is 39.5 Å². The first kappa shape index (κ1) is 17.2. The van der Waals surface area contributed by atoms with E-state index in [1.165, 1.54) is 85.5 Å². The van der Waals surface area contributed by atoms with Gasteiger partial charge in [-0.3, -0.25) is 0 Å². The summed E-state index contributed by atoms with van der Waals surface area (Å²) in [7, 11) is 0. The molecule has 2 heteroatoms. The van der Waals surface area contributed by atoms with Gasteiger partial charge in [0.05, 0.1) is 0 Å². The van der Waals surface area contributed by atoms with E-state index < -0.39 is 0 Å². The lowest BCUT2D eigenvalue weighted by atomic mass is 9.92. The summed E-state index contributed by atoms with van der Waals surface area (Å²) in [4.78, 5) is 4.99. The predicted octanol–water partition coefficient (Wildman–Crippen LogP) is 5.57. The number of rotatable bonds is 4.